The fourth-order valence-corrected chi connectivity index (χ4v) is 3.81. The van der Waals surface area contributed by atoms with Gasteiger partial charge in [0.15, 0.2) is 0 Å². The average Bonchev–Trinajstić information content (AvgIpc) is 2.60. The van der Waals surface area contributed by atoms with Crippen LogP contribution in [0.25, 0.3) is 10.9 Å². The van der Waals surface area contributed by atoms with Gasteiger partial charge in [0.25, 0.3) is 5.91 Å². The Kier molecular flexibility index (Phi) is 3.77. The van der Waals surface area contributed by atoms with Crippen LogP contribution in [0.3, 0.4) is 0 Å². The molecule has 120 valence electrons. The molecule has 1 N–H and O–H groups in total. The number of pyridine rings is 1. The lowest BCUT2D eigenvalue weighted by Crippen LogP contribution is -2.46. The van der Waals surface area contributed by atoms with Gasteiger partial charge >= 0.3 is 0 Å². The molecule has 2 heterocycles. The fourth-order valence-electron chi connectivity index (χ4n) is 3.81. The van der Waals surface area contributed by atoms with Crippen LogP contribution in [0, 0.1) is 6.92 Å². The van der Waals surface area contributed by atoms with Crippen LogP contribution < -0.4 is 5.32 Å². The van der Waals surface area contributed by atoms with E-state index >= 15 is 0 Å². The molecule has 4 heteroatoms. The summed E-state index contributed by atoms with van der Waals surface area (Å²) in [6, 6.07) is 6.28. The van der Waals surface area contributed by atoms with Gasteiger partial charge in [-0.2, -0.15) is 0 Å². The van der Waals surface area contributed by atoms with Gasteiger partial charge in [-0.15, -0.1) is 0 Å². The lowest BCUT2D eigenvalue weighted by atomic mass is 9.89. The Morgan fingerprint density at radius 2 is 1.96 bits per heavy atom. The highest BCUT2D eigenvalue weighted by Crippen LogP contribution is 2.30. The van der Waals surface area contributed by atoms with Gasteiger partial charge < -0.3 is 10.2 Å². The first-order valence-corrected chi connectivity index (χ1v) is 8.66. The Bertz CT molecular complexity index is 763. The fraction of sp³-hybridized carbons (Fsp3) is 0.474. The van der Waals surface area contributed by atoms with Gasteiger partial charge in [0.1, 0.15) is 0 Å². The van der Waals surface area contributed by atoms with E-state index in [0.717, 1.165) is 67.6 Å². The van der Waals surface area contributed by atoms with Gasteiger partial charge in [0.05, 0.1) is 11.1 Å². The maximum absolute atomic E-state index is 13.3. The molecule has 2 aromatic rings. The standard InChI is InChI=1S/C19H23N3O/c1-13-6-7-17-15(12-13)18(14-4-2-3-5-16(14)21-17)19(23)22-10-8-20-9-11-22/h6-7,12,20H,2-5,8-11H2,1H3. The van der Waals surface area contributed by atoms with Crippen molar-refractivity contribution < 1.29 is 4.79 Å². The van der Waals surface area contributed by atoms with Crippen LogP contribution in [0.1, 0.15) is 40.0 Å². The Morgan fingerprint density at radius 3 is 2.78 bits per heavy atom. The first-order chi connectivity index (χ1) is 11.2. The predicted molar refractivity (Wildman–Crippen MR) is 91.9 cm³/mol. The molecule has 1 amide bonds. The molecule has 0 saturated carbocycles. The SMILES string of the molecule is Cc1ccc2nc3c(c(C(=O)N4CCNCC4)c2c1)CCCC3. The molecule has 1 aliphatic carbocycles. The van der Waals surface area contributed by atoms with Gasteiger partial charge in [-0.1, -0.05) is 11.6 Å². The summed E-state index contributed by atoms with van der Waals surface area (Å²) in [5.74, 6) is 0.197. The van der Waals surface area contributed by atoms with Crippen LogP contribution in [0.15, 0.2) is 18.2 Å². The highest BCUT2D eigenvalue weighted by atomic mass is 16.2. The Balaban J connectivity index is 1.91. The van der Waals surface area contributed by atoms with Crippen molar-refractivity contribution in [3.8, 4) is 0 Å². The summed E-state index contributed by atoms with van der Waals surface area (Å²) in [7, 11) is 0. The van der Waals surface area contributed by atoms with E-state index in [9.17, 15) is 4.79 Å². The van der Waals surface area contributed by atoms with Crippen LogP contribution in [-0.2, 0) is 12.8 Å². The quantitative estimate of drug-likeness (QED) is 0.880. The van der Waals surface area contributed by atoms with Crippen LogP contribution in [0.5, 0.6) is 0 Å². The Hall–Kier alpha value is -1.94. The van der Waals surface area contributed by atoms with Crippen molar-refractivity contribution in [2.45, 2.75) is 32.6 Å². The number of rotatable bonds is 1. The minimum atomic E-state index is 0.197. The normalized spacial score (nSPS) is 18.0. The third-order valence-electron chi connectivity index (χ3n) is 5.04. The van der Waals surface area contributed by atoms with E-state index < -0.39 is 0 Å². The monoisotopic (exact) mass is 309 g/mol. The van der Waals surface area contributed by atoms with Crippen molar-refractivity contribution in [1.29, 1.82) is 0 Å². The van der Waals surface area contributed by atoms with Crippen molar-refractivity contribution in [2.24, 2.45) is 0 Å². The van der Waals surface area contributed by atoms with Crippen molar-refractivity contribution in [2.75, 3.05) is 26.2 Å². The molecule has 0 spiro atoms. The summed E-state index contributed by atoms with van der Waals surface area (Å²) in [4.78, 5) is 20.1. The molecule has 2 aliphatic rings. The number of nitrogens with zero attached hydrogens (tertiary/aromatic N) is 2. The number of fused-ring (bicyclic) bond motifs is 2. The minimum absolute atomic E-state index is 0.197. The van der Waals surface area contributed by atoms with Gasteiger partial charge in [-0.25, -0.2) is 0 Å². The summed E-state index contributed by atoms with van der Waals surface area (Å²) < 4.78 is 0. The lowest BCUT2D eigenvalue weighted by molar-refractivity contribution is 0.0736. The maximum atomic E-state index is 13.3. The minimum Gasteiger partial charge on any atom is -0.336 e. The number of hydrogen-bond donors (Lipinski definition) is 1. The van der Waals surface area contributed by atoms with E-state index in [2.05, 4.69) is 30.4 Å². The van der Waals surface area contributed by atoms with E-state index in [1.165, 1.54) is 17.5 Å². The van der Waals surface area contributed by atoms with Crippen molar-refractivity contribution in [3.05, 3.63) is 40.6 Å². The summed E-state index contributed by atoms with van der Waals surface area (Å²) in [6.07, 6.45) is 4.33. The molecule has 0 bridgehead atoms. The number of amides is 1. The zero-order chi connectivity index (χ0) is 15.8. The average molecular weight is 309 g/mol. The number of hydrogen-bond acceptors (Lipinski definition) is 3. The van der Waals surface area contributed by atoms with E-state index in [4.69, 9.17) is 4.98 Å². The molecule has 4 nitrogen and oxygen atoms in total. The zero-order valence-electron chi connectivity index (χ0n) is 13.7. The molecular weight excluding hydrogens is 286 g/mol. The summed E-state index contributed by atoms with van der Waals surface area (Å²) in [5, 5.41) is 4.36. The molecule has 1 saturated heterocycles. The van der Waals surface area contributed by atoms with E-state index in [1.807, 2.05) is 4.90 Å². The number of nitrogens with one attached hydrogen (secondary N) is 1. The molecule has 0 atom stereocenters. The third kappa shape index (κ3) is 2.61. The topological polar surface area (TPSA) is 45.2 Å². The van der Waals surface area contributed by atoms with Crippen LogP contribution in [-0.4, -0.2) is 42.0 Å². The lowest BCUT2D eigenvalue weighted by Gasteiger charge is -2.30. The largest absolute Gasteiger partial charge is 0.336 e. The van der Waals surface area contributed by atoms with Gasteiger partial charge in [-0.05, 0) is 50.3 Å². The van der Waals surface area contributed by atoms with Crippen molar-refractivity contribution in [1.82, 2.24) is 15.2 Å². The van der Waals surface area contributed by atoms with E-state index in [1.54, 1.807) is 0 Å². The zero-order valence-corrected chi connectivity index (χ0v) is 13.7. The smallest absolute Gasteiger partial charge is 0.254 e. The Labute approximate surface area is 136 Å². The second kappa shape index (κ2) is 5.93. The number of piperazine rings is 1. The molecular formula is C19H23N3O. The highest BCUT2D eigenvalue weighted by Gasteiger charge is 2.26. The maximum Gasteiger partial charge on any atom is 0.254 e. The molecule has 4 rings (SSSR count). The van der Waals surface area contributed by atoms with Gasteiger partial charge in [-0.3, -0.25) is 9.78 Å². The van der Waals surface area contributed by atoms with E-state index in [-0.39, 0.29) is 5.91 Å². The molecule has 0 radical (unpaired) electrons. The summed E-state index contributed by atoms with van der Waals surface area (Å²) in [6.45, 7) is 5.44. The van der Waals surface area contributed by atoms with Crippen LogP contribution >= 0.6 is 0 Å². The number of benzene rings is 1. The number of carbonyl (C=O) groups is 1. The molecule has 1 aromatic carbocycles. The molecule has 23 heavy (non-hydrogen) atoms. The molecule has 1 aromatic heterocycles. The van der Waals surface area contributed by atoms with Crippen molar-refractivity contribution >= 4 is 16.8 Å². The van der Waals surface area contributed by atoms with Crippen molar-refractivity contribution in [3.63, 3.8) is 0 Å². The van der Waals surface area contributed by atoms with Gasteiger partial charge in [0.2, 0.25) is 0 Å². The predicted octanol–water partition coefficient (Wildman–Crippen LogP) is 2.47. The highest BCUT2D eigenvalue weighted by molar-refractivity contribution is 6.08. The number of aromatic nitrogens is 1. The number of aryl methyl sites for hydroxylation is 2. The number of carbonyl (C=O) groups excluding carboxylic acids is 1. The summed E-state index contributed by atoms with van der Waals surface area (Å²) >= 11 is 0. The first kappa shape index (κ1) is 14.6. The molecule has 1 fully saturated rings. The molecule has 0 unspecified atom stereocenters. The second-order valence-corrected chi connectivity index (χ2v) is 6.68. The second-order valence-electron chi connectivity index (χ2n) is 6.68. The third-order valence-corrected chi connectivity index (χ3v) is 5.04. The summed E-state index contributed by atoms with van der Waals surface area (Å²) in [5.41, 5.74) is 5.43. The van der Waals surface area contributed by atoms with Crippen LogP contribution in [0.2, 0.25) is 0 Å². The van der Waals surface area contributed by atoms with E-state index in [0.29, 0.717) is 0 Å². The van der Waals surface area contributed by atoms with Gasteiger partial charge in [0, 0.05) is 37.3 Å². The first-order valence-electron chi connectivity index (χ1n) is 8.66. The Morgan fingerprint density at radius 1 is 1.17 bits per heavy atom. The molecule has 1 aliphatic heterocycles. The van der Waals surface area contributed by atoms with Crippen LogP contribution in [0.4, 0.5) is 0 Å².